The molecule has 5 nitrogen and oxygen atoms in total. The summed E-state index contributed by atoms with van der Waals surface area (Å²) in [5, 5.41) is 3.59. The second-order valence-electron chi connectivity index (χ2n) is 6.82. The summed E-state index contributed by atoms with van der Waals surface area (Å²) in [6.45, 7) is 12.6. The zero-order chi connectivity index (χ0) is 15.1. The molecule has 1 N–H and O–H groups in total. The lowest BCUT2D eigenvalue weighted by molar-refractivity contribution is 0.0889. The van der Waals surface area contributed by atoms with Gasteiger partial charge >= 0.3 is 0 Å². The first-order chi connectivity index (χ1) is 10.1. The minimum Gasteiger partial charge on any atom is -0.377 e. The molecule has 2 aliphatic heterocycles. The third-order valence-electron chi connectivity index (χ3n) is 4.73. The van der Waals surface area contributed by atoms with Gasteiger partial charge in [0.25, 0.3) is 0 Å². The molecule has 0 aromatic rings. The van der Waals surface area contributed by atoms with Crippen LogP contribution in [0.25, 0.3) is 0 Å². The van der Waals surface area contributed by atoms with Gasteiger partial charge in [0.15, 0.2) is 0 Å². The molecule has 2 rings (SSSR count). The summed E-state index contributed by atoms with van der Waals surface area (Å²) in [5.41, 5.74) is 0. The Morgan fingerprint density at radius 1 is 1.24 bits per heavy atom. The Hall–Kier alpha value is -0.200. The topological polar surface area (TPSA) is 31.0 Å². The van der Waals surface area contributed by atoms with Crippen LogP contribution >= 0.6 is 0 Å². The molecule has 0 aliphatic carbocycles. The predicted molar refractivity (Wildman–Crippen MR) is 87.9 cm³/mol. The van der Waals surface area contributed by atoms with Crippen LogP contribution in [0.4, 0.5) is 0 Å². The molecule has 0 bridgehead atoms. The molecular formula is C16H34N4O. The highest BCUT2D eigenvalue weighted by Gasteiger charge is 2.21. The largest absolute Gasteiger partial charge is 0.377 e. The minimum atomic E-state index is 0.458. The Balaban J connectivity index is 1.55. The van der Waals surface area contributed by atoms with E-state index in [1.54, 1.807) is 0 Å². The highest BCUT2D eigenvalue weighted by molar-refractivity contribution is 4.78. The second-order valence-corrected chi connectivity index (χ2v) is 6.82. The Morgan fingerprint density at radius 2 is 2.00 bits per heavy atom. The first-order valence-electron chi connectivity index (χ1n) is 8.58. The number of piperazine rings is 1. The summed E-state index contributed by atoms with van der Waals surface area (Å²) in [5.74, 6) is 0. The van der Waals surface area contributed by atoms with Crippen LogP contribution in [0.1, 0.15) is 19.8 Å². The fourth-order valence-corrected chi connectivity index (χ4v) is 3.16. The van der Waals surface area contributed by atoms with E-state index in [2.05, 4.69) is 41.0 Å². The van der Waals surface area contributed by atoms with Crippen LogP contribution in [-0.2, 0) is 4.74 Å². The maximum Gasteiger partial charge on any atom is 0.0700 e. The van der Waals surface area contributed by atoms with Crippen molar-refractivity contribution in [1.29, 1.82) is 0 Å². The Morgan fingerprint density at radius 3 is 2.62 bits per heavy atom. The van der Waals surface area contributed by atoms with Gasteiger partial charge in [-0.05, 0) is 33.9 Å². The van der Waals surface area contributed by atoms with Crippen molar-refractivity contribution in [3.63, 3.8) is 0 Å². The second kappa shape index (κ2) is 9.06. The molecular weight excluding hydrogens is 264 g/mol. The molecule has 2 saturated heterocycles. The van der Waals surface area contributed by atoms with Gasteiger partial charge < -0.3 is 15.0 Å². The number of nitrogens with zero attached hydrogens (tertiary/aromatic N) is 3. The molecule has 2 unspecified atom stereocenters. The normalized spacial score (nSPS) is 26.6. The zero-order valence-corrected chi connectivity index (χ0v) is 14.2. The van der Waals surface area contributed by atoms with E-state index in [1.807, 2.05) is 0 Å². The highest BCUT2D eigenvalue weighted by Crippen LogP contribution is 2.11. The standard InChI is InChI=1S/C16H34N4O/c1-15(13-17-14-16-5-4-12-21-16)20-10-8-19(9-11-20)7-6-18(2)3/h15-17H,4-14H2,1-3H3. The smallest absolute Gasteiger partial charge is 0.0700 e. The van der Waals surface area contributed by atoms with E-state index < -0.39 is 0 Å². The quantitative estimate of drug-likeness (QED) is 0.698. The molecule has 0 amide bonds. The lowest BCUT2D eigenvalue weighted by atomic mass is 10.2. The van der Waals surface area contributed by atoms with E-state index in [4.69, 9.17) is 4.74 Å². The van der Waals surface area contributed by atoms with Crippen LogP contribution in [0, 0.1) is 0 Å². The Bertz CT molecular complexity index is 273. The van der Waals surface area contributed by atoms with E-state index >= 15 is 0 Å². The SMILES string of the molecule is CC(CNCC1CCCO1)N1CCN(CCN(C)C)CC1. The van der Waals surface area contributed by atoms with Crippen molar-refractivity contribution in [3.8, 4) is 0 Å². The van der Waals surface area contributed by atoms with E-state index in [1.165, 1.54) is 52.1 Å². The van der Waals surface area contributed by atoms with Crippen molar-refractivity contribution in [2.75, 3.05) is 73.1 Å². The first-order valence-corrected chi connectivity index (χ1v) is 8.58. The van der Waals surface area contributed by atoms with Gasteiger partial charge in [0.1, 0.15) is 0 Å². The van der Waals surface area contributed by atoms with Crippen molar-refractivity contribution in [1.82, 2.24) is 20.0 Å². The van der Waals surface area contributed by atoms with Crippen LogP contribution < -0.4 is 5.32 Å². The third-order valence-corrected chi connectivity index (χ3v) is 4.73. The van der Waals surface area contributed by atoms with Crippen molar-refractivity contribution < 1.29 is 4.74 Å². The van der Waals surface area contributed by atoms with Gasteiger partial charge in [0.2, 0.25) is 0 Å². The summed E-state index contributed by atoms with van der Waals surface area (Å²) in [6, 6.07) is 0.627. The minimum absolute atomic E-state index is 0.458. The summed E-state index contributed by atoms with van der Waals surface area (Å²) in [7, 11) is 4.30. The molecule has 124 valence electrons. The van der Waals surface area contributed by atoms with Crippen LogP contribution in [-0.4, -0.2) is 99.9 Å². The molecule has 0 saturated carbocycles. The monoisotopic (exact) mass is 298 g/mol. The van der Waals surface area contributed by atoms with Gasteiger partial charge in [-0.1, -0.05) is 0 Å². The average Bonchev–Trinajstić information content (AvgIpc) is 2.99. The van der Waals surface area contributed by atoms with Gasteiger partial charge in [-0.15, -0.1) is 0 Å². The van der Waals surface area contributed by atoms with Gasteiger partial charge in [0.05, 0.1) is 6.10 Å². The molecule has 5 heteroatoms. The van der Waals surface area contributed by atoms with E-state index in [-0.39, 0.29) is 0 Å². The summed E-state index contributed by atoms with van der Waals surface area (Å²) < 4.78 is 5.65. The molecule has 2 fully saturated rings. The number of likely N-dealkylation sites (N-methyl/N-ethyl adjacent to an activating group) is 1. The van der Waals surface area contributed by atoms with Crippen LogP contribution in [0.3, 0.4) is 0 Å². The fraction of sp³-hybridized carbons (Fsp3) is 1.00. The van der Waals surface area contributed by atoms with Crippen molar-refractivity contribution in [2.24, 2.45) is 0 Å². The lowest BCUT2D eigenvalue weighted by Crippen LogP contribution is -2.53. The molecule has 2 heterocycles. The Labute approximate surface area is 130 Å². The molecule has 21 heavy (non-hydrogen) atoms. The van der Waals surface area contributed by atoms with Crippen molar-refractivity contribution in [3.05, 3.63) is 0 Å². The molecule has 2 atom stereocenters. The van der Waals surface area contributed by atoms with Crippen molar-refractivity contribution >= 4 is 0 Å². The van der Waals surface area contributed by atoms with Crippen LogP contribution in [0.5, 0.6) is 0 Å². The number of ether oxygens (including phenoxy) is 1. The number of nitrogens with one attached hydrogen (secondary N) is 1. The zero-order valence-electron chi connectivity index (χ0n) is 14.2. The van der Waals surface area contributed by atoms with E-state index in [0.717, 1.165) is 19.7 Å². The predicted octanol–water partition coefficient (Wildman–Crippen LogP) is 0.323. The molecule has 2 aliphatic rings. The first kappa shape index (κ1) is 17.2. The number of hydrogen-bond donors (Lipinski definition) is 1. The summed E-state index contributed by atoms with van der Waals surface area (Å²) in [4.78, 5) is 7.47. The fourth-order valence-electron chi connectivity index (χ4n) is 3.16. The maximum absolute atomic E-state index is 5.65. The molecule has 0 aromatic heterocycles. The van der Waals surface area contributed by atoms with Crippen LogP contribution in [0.15, 0.2) is 0 Å². The Kier molecular flexibility index (Phi) is 7.40. The lowest BCUT2D eigenvalue weighted by Gasteiger charge is -2.38. The van der Waals surface area contributed by atoms with Crippen molar-refractivity contribution in [2.45, 2.75) is 31.9 Å². The molecule has 0 aromatic carbocycles. The number of hydrogen-bond acceptors (Lipinski definition) is 5. The van der Waals surface area contributed by atoms with Crippen LogP contribution in [0.2, 0.25) is 0 Å². The summed E-state index contributed by atoms with van der Waals surface area (Å²) >= 11 is 0. The van der Waals surface area contributed by atoms with Gasteiger partial charge in [0, 0.05) is 65.0 Å². The van der Waals surface area contributed by atoms with E-state index in [0.29, 0.717) is 12.1 Å². The van der Waals surface area contributed by atoms with Gasteiger partial charge in [-0.25, -0.2) is 0 Å². The number of rotatable bonds is 8. The molecule has 0 spiro atoms. The third kappa shape index (κ3) is 6.20. The summed E-state index contributed by atoms with van der Waals surface area (Å²) in [6.07, 6.45) is 2.92. The van der Waals surface area contributed by atoms with E-state index in [9.17, 15) is 0 Å². The average molecular weight is 298 g/mol. The molecule has 0 radical (unpaired) electrons. The maximum atomic E-state index is 5.65. The highest BCUT2D eigenvalue weighted by atomic mass is 16.5. The van der Waals surface area contributed by atoms with Gasteiger partial charge in [-0.3, -0.25) is 9.80 Å². The van der Waals surface area contributed by atoms with Gasteiger partial charge in [-0.2, -0.15) is 0 Å².